The molecule has 0 aliphatic rings. The van der Waals surface area contributed by atoms with Gasteiger partial charge in [0, 0.05) is 0 Å². The number of rotatable bonds is 1. The van der Waals surface area contributed by atoms with Crippen LogP contribution in [0, 0.1) is 5.82 Å². The number of nitrogens with zero attached hydrogens (tertiary/aromatic N) is 1. The van der Waals surface area contributed by atoms with Gasteiger partial charge in [0.15, 0.2) is 0 Å². The van der Waals surface area contributed by atoms with E-state index < -0.39 is 16.3 Å². The lowest BCUT2D eigenvalue weighted by Gasteiger charge is -1.97. The molecule has 7 heteroatoms. The van der Waals surface area contributed by atoms with E-state index in [0.29, 0.717) is 0 Å². The van der Waals surface area contributed by atoms with Crippen LogP contribution in [0.1, 0.15) is 0 Å². The normalized spacial score (nSPS) is 9.77. The Morgan fingerprint density at radius 3 is 2.38 bits per heavy atom. The molecule has 0 aliphatic heterocycles. The molecule has 0 unspecified atom stereocenters. The van der Waals surface area contributed by atoms with Crippen molar-refractivity contribution in [3.8, 4) is 0 Å². The number of hydrogen-bond acceptors (Lipinski definition) is 3. The lowest BCUT2D eigenvalue weighted by molar-refractivity contribution is 0.621. The molecular formula is C6H2Cl2FNO2S. The van der Waals surface area contributed by atoms with Crippen LogP contribution in [-0.2, 0) is 10.5 Å². The smallest absolute Gasteiger partial charge is 0.205 e. The summed E-state index contributed by atoms with van der Waals surface area (Å²) in [5.41, 5.74) is -0.0820. The third kappa shape index (κ3) is 2.65. The average Bonchev–Trinajstić information content (AvgIpc) is 1.99. The number of benzene rings is 1. The van der Waals surface area contributed by atoms with Crippen LogP contribution in [0.15, 0.2) is 16.5 Å². The van der Waals surface area contributed by atoms with Crippen molar-refractivity contribution < 1.29 is 12.8 Å². The van der Waals surface area contributed by atoms with Gasteiger partial charge >= 0.3 is 10.5 Å². The number of hydrogen-bond donors (Lipinski definition) is 0. The fourth-order valence-electron chi connectivity index (χ4n) is 0.662. The van der Waals surface area contributed by atoms with Gasteiger partial charge in [0.1, 0.15) is 11.5 Å². The van der Waals surface area contributed by atoms with Crippen molar-refractivity contribution in [1.29, 1.82) is 0 Å². The second-order valence-electron chi connectivity index (χ2n) is 2.03. The van der Waals surface area contributed by atoms with Gasteiger partial charge in [-0.1, -0.05) is 23.2 Å². The first-order valence-corrected chi connectivity index (χ1v) is 4.75. The Labute approximate surface area is 84.8 Å². The second kappa shape index (κ2) is 4.04. The van der Waals surface area contributed by atoms with E-state index in [9.17, 15) is 12.8 Å². The molecule has 0 spiro atoms. The molecule has 0 heterocycles. The standard InChI is InChI=1S/C6H2Cl2FNO2S/c7-3-2-6(10-13(11)12)4(8)1-5(3)9/h1-2H. The third-order valence-corrected chi connectivity index (χ3v) is 2.10. The summed E-state index contributed by atoms with van der Waals surface area (Å²) in [7, 11) is -2.63. The van der Waals surface area contributed by atoms with Crippen molar-refractivity contribution >= 4 is 39.4 Å². The molecule has 1 rings (SSSR count). The number of halogens is 3. The van der Waals surface area contributed by atoms with E-state index in [4.69, 9.17) is 23.2 Å². The van der Waals surface area contributed by atoms with E-state index in [1.165, 1.54) is 0 Å². The molecule has 0 radical (unpaired) electrons. The molecule has 3 nitrogen and oxygen atoms in total. The minimum atomic E-state index is -2.63. The summed E-state index contributed by atoms with van der Waals surface area (Å²) in [5.74, 6) is -0.720. The topological polar surface area (TPSA) is 46.5 Å². The average molecular weight is 242 g/mol. The summed E-state index contributed by atoms with van der Waals surface area (Å²) in [5, 5.41) is -0.334. The molecular weight excluding hydrogens is 240 g/mol. The summed E-state index contributed by atoms with van der Waals surface area (Å²) in [6.45, 7) is 0. The highest BCUT2D eigenvalue weighted by Crippen LogP contribution is 2.30. The van der Waals surface area contributed by atoms with Crippen molar-refractivity contribution in [2.75, 3.05) is 0 Å². The highest BCUT2D eigenvalue weighted by molar-refractivity contribution is 7.61. The maximum Gasteiger partial charge on any atom is 0.316 e. The van der Waals surface area contributed by atoms with Crippen LogP contribution in [0.4, 0.5) is 10.1 Å². The zero-order valence-corrected chi connectivity index (χ0v) is 8.29. The lowest BCUT2D eigenvalue weighted by atomic mass is 10.3. The molecule has 13 heavy (non-hydrogen) atoms. The Bertz CT molecular complexity index is 464. The highest BCUT2D eigenvalue weighted by atomic mass is 35.5. The summed E-state index contributed by atoms with van der Waals surface area (Å²) in [6, 6.07) is 1.94. The van der Waals surface area contributed by atoms with Crippen molar-refractivity contribution in [3.63, 3.8) is 0 Å². The fourth-order valence-corrected chi connectivity index (χ4v) is 1.37. The minimum Gasteiger partial charge on any atom is -0.205 e. The Hall–Kier alpha value is -0.650. The van der Waals surface area contributed by atoms with E-state index in [0.717, 1.165) is 12.1 Å². The molecule has 0 saturated heterocycles. The third-order valence-electron chi connectivity index (χ3n) is 1.16. The maximum absolute atomic E-state index is 12.7. The van der Waals surface area contributed by atoms with Crippen LogP contribution in [0.25, 0.3) is 0 Å². The van der Waals surface area contributed by atoms with E-state index in [1.807, 2.05) is 0 Å². The molecule has 0 aromatic heterocycles. The molecule has 1 aromatic rings. The first-order chi connectivity index (χ1) is 6.00. The monoisotopic (exact) mass is 241 g/mol. The van der Waals surface area contributed by atoms with Gasteiger partial charge in [-0.2, -0.15) is 8.42 Å². The van der Waals surface area contributed by atoms with Crippen LogP contribution in [0.3, 0.4) is 0 Å². The van der Waals surface area contributed by atoms with Gasteiger partial charge in [-0.3, -0.25) is 0 Å². The van der Waals surface area contributed by atoms with Gasteiger partial charge < -0.3 is 0 Å². The second-order valence-corrected chi connectivity index (χ2v) is 3.46. The molecule has 70 valence electrons. The van der Waals surface area contributed by atoms with Gasteiger partial charge in [0.05, 0.1) is 10.0 Å². The van der Waals surface area contributed by atoms with Crippen molar-refractivity contribution in [1.82, 2.24) is 0 Å². The van der Waals surface area contributed by atoms with E-state index >= 15 is 0 Å². The summed E-state index contributed by atoms with van der Waals surface area (Å²) < 4.78 is 36.1. The van der Waals surface area contributed by atoms with Gasteiger partial charge in [0.25, 0.3) is 0 Å². The maximum atomic E-state index is 12.7. The molecule has 0 aliphatic carbocycles. The van der Waals surface area contributed by atoms with Crippen LogP contribution >= 0.6 is 23.2 Å². The van der Waals surface area contributed by atoms with Crippen LogP contribution in [0.2, 0.25) is 10.0 Å². The van der Waals surface area contributed by atoms with E-state index in [-0.39, 0.29) is 15.7 Å². The molecule has 0 fully saturated rings. The largest absolute Gasteiger partial charge is 0.316 e. The van der Waals surface area contributed by atoms with Crippen LogP contribution in [0.5, 0.6) is 0 Å². The molecule has 1 aromatic carbocycles. The zero-order chi connectivity index (χ0) is 10.0. The lowest BCUT2D eigenvalue weighted by Crippen LogP contribution is -1.77. The molecule has 0 saturated carbocycles. The van der Waals surface area contributed by atoms with Crippen molar-refractivity contribution in [2.45, 2.75) is 0 Å². The van der Waals surface area contributed by atoms with Gasteiger partial charge in [-0.15, -0.1) is 4.36 Å². The quantitative estimate of drug-likeness (QED) is 0.710. The molecule has 0 bridgehead atoms. The Morgan fingerprint density at radius 2 is 1.85 bits per heavy atom. The van der Waals surface area contributed by atoms with Crippen LogP contribution in [-0.4, -0.2) is 8.42 Å². The summed E-state index contributed by atoms with van der Waals surface area (Å²) in [4.78, 5) is 0. The predicted octanol–water partition coefficient (Wildman–Crippen LogP) is 2.83. The Balaban J connectivity index is 3.40. The zero-order valence-electron chi connectivity index (χ0n) is 5.96. The van der Waals surface area contributed by atoms with Crippen LogP contribution < -0.4 is 0 Å². The summed E-state index contributed by atoms with van der Waals surface area (Å²) >= 11 is 10.9. The highest BCUT2D eigenvalue weighted by Gasteiger charge is 2.06. The fraction of sp³-hybridized carbons (Fsp3) is 0. The van der Waals surface area contributed by atoms with E-state index in [2.05, 4.69) is 4.36 Å². The van der Waals surface area contributed by atoms with Crippen molar-refractivity contribution in [2.24, 2.45) is 4.36 Å². The predicted molar refractivity (Wildman–Crippen MR) is 47.4 cm³/mol. The van der Waals surface area contributed by atoms with Gasteiger partial charge in [0.2, 0.25) is 0 Å². The van der Waals surface area contributed by atoms with Gasteiger partial charge in [-0.25, -0.2) is 4.39 Å². The van der Waals surface area contributed by atoms with Crippen molar-refractivity contribution in [3.05, 3.63) is 28.0 Å². The minimum absolute atomic E-state index is 0.0820. The molecule has 0 N–H and O–H groups in total. The summed E-state index contributed by atoms with van der Waals surface area (Å²) in [6.07, 6.45) is 0. The molecule has 0 atom stereocenters. The first kappa shape index (κ1) is 10.4. The first-order valence-electron chi connectivity index (χ1n) is 2.96. The molecule has 0 amide bonds. The SMILES string of the molecule is O=S(=O)=Nc1cc(Cl)c(F)cc1Cl. The Kier molecular flexibility index (Phi) is 3.24. The Morgan fingerprint density at radius 1 is 1.23 bits per heavy atom. The van der Waals surface area contributed by atoms with Gasteiger partial charge in [-0.05, 0) is 12.1 Å². The van der Waals surface area contributed by atoms with E-state index in [1.54, 1.807) is 0 Å².